The third-order valence-electron chi connectivity index (χ3n) is 12.8. The number of carbonyl (C=O) groups is 1. The summed E-state index contributed by atoms with van der Waals surface area (Å²) in [5.41, 5.74) is 2.59. The van der Waals surface area contributed by atoms with Gasteiger partial charge < -0.3 is 14.4 Å². The molecule has 0 unspecified atom stereocenters. The SMILES string of the molecule is CO[C@@]1(CN2CCN3CCS(=O)(=O)C[C@H]3C2)/C=C/C[C@H](C)[C@@H](C)S(=O)(=O)NC(=O)c2ccc3c(c2)N(CCCCc2cc(Cl)ccc2CO3)C[C@@H]2CC[C@H]21. The van der Waals surface area contributed by atoms with E-state index in [1.165, 1.54) is 0 Å². The highest BCUT2D eigenvalue weighted by Crippen LogP contribution is 2.47. The van der Waals surface area contributed by atoms with Gasteiger partial charge in [-0.15, -0.1) is 0 Å². The fourth-order valence-corrected chi connectivity index (χ4v) is 12.2. The molecule has 2 bridgehead atoms. The van der Waals surface area contributed by atoms with E-state index in [0.29, 0.717) is 50.0 Å². The van der Waals surface area contributed by atoms with Crippen LogP contribution in [-0.4, -0.2) is 114 Å². The van der Waals surface area contributed by atoms with Gasteiger partial charge in [-0.2, -0.15) is 0 Å². The Balaban J connectivity index is 1.25. The van der Waals surface area contributed by atoms with Crippen LogP contribution in [-0.2, 0) is 37.6 Å². The molecule has 6 atom stereocenters. The number of rotatable bonds is 3. The maximum Gasteiger partial charge on any atom is 0.264 e. The van der Waals surface area contributed by atoms with Crippen molar-refractivity contribution in [2.75, 3.05) is 69.3 Å². The standard InChI is InChI=1S/C40H55ClN4O7S2/c1-28-7-6-15-40(51-3,27-43-17-18-44-19-20-53(47,48)26-35(44)24-43)36-13-10-32(36)23-45-16-5-4-8-30-21-34(41)12-9-33(30)25-52-38-14-11-31(22-37(38)45)39(46)42-54(49,50)29(28)2/h6,9,11-12,14-15,21-22,28-29,32,35-36H,4-5,7-8,10,13,16-20,23-27H2,1-3H3,(H,42,46)/b15-6+/t28-,29+,32-,35+,36+,40+/m0/s1. The molecule has 1 amide bonds. The quantitative estimate of drug-likeness (QED) is 0.428. The zero-order valence-electron chi connectivity index (χ0n) is 31.7. The summed E-state index contributed by atoms with van der Waals surface area (Å²) in [4.78, 5) is 20.6. The Labute approximate surface area is 326 Å². The number of amides is 1. The van der Waals surface area contributed by atoms with Crippen LogP contribution < -0.4 is 14.4 Å². The summed E-state index contributed by atoms with van der Waals surface area (Å²) in [5.74, 6) is 0.535. The minimum Gasteiger partial charge on any atom is -0.487 e. The largest absolute Gasteiger partial charge is 0.487 e. The number of methoxy groups -OCH3 is 1. The molecule has 54 heavy (non-hydrogen) atoms. The van der Waals surface area contributed by atoms with E-state index in [9.17, 15) is 21.6 Å². The van der Waals surface area contributed by atoms with E-state index in [1.54, 1.807) is 32.2 Å². The van der Waals surface area contributed by atoms with Crippen molar-refractivity contribution in [3.05, 3.63) is 70.3 Å². The number of carbonyl (C=O) groups excluding carboxylic acids is 1. The molecule has 0 aromatic heterocycles. The molecule has 1 aliphatic carbocycles. The fourth-order valence-electron chi connectivity index (χ4n) is 9.17. The normalized spacial score (nSPS) is 32.6. The molecule has 11 nitrogen and oxygen atoms in total. The first-order chi connectivity index (χ1) is 25.8. The Morgan fingerprint density at radius 3 is 2.59 bits per heavy atom. The Kier molecular flexibility index (Phi) is 11.8. The van der Waals surface area contributed by atoms with Crippen molar-refractivity contribution >= 4 is 43.1 Å². The molecule has 7 rings (SSSR count). The lowest BCUT2D eigenvalue weighted by molar-refractivity contribution is -0.0980. The van der Waals surface area contributed by atoms with Gasteiger partial charge in [-0.1, -0.05) is 36.7 Å². The second kappa shape index (κ2) is 16.1. The molecular weight excluding hydrogens is 748 g/mol. The average Bonchev–Trinajstić information content (AvgIpc) is 3.14. The highest BCUT2D eigenvalue weighted by atomic mass is 35.5. The van der Waals surface area contributed by atoms with Crippen molar-refractivity contribution in [2.45, 2.75) is 75.9 Å². The minimum atomic E-state index is -4.00. The monoisotopic (exact) mass is 802 g/mol. The molecular formula is C40H55ClN4O7S2. The zero-order valence-corrected chi connectivity index (χ0v) is 34.1. The molecule has 296 valence electrons. The summed E-state index contributed by atoms with van der Waals surface area (Å²) in [6.45, 7) is 8.83. The third-order valence-corrected chi connectivity index (χ3v) is 16.7. The van der Waals surface area contributed by atoms with Crippen molar-refractivity contribution in [3.63, 3.8) is 0 Å². The van der Waals surface area contributed by atoms with Crippen molar-refractivity contribution in [3.8, 4) is 5.75 Å². The van der Waals surface area contributed by atoms with Gasteiger partial charge in [0, 0.05) is 69.6 Å². The summed E-state index contributed by atoms with van der Waals surface area (Å²) in [5, 5.41) is -0.135. The molecule has 2 saturated heterocycles. The van der Waals surface area contributed by atoms with Gasteiger partial charge in [-0.3, -0.25) is 14.6 Å². The number of halogens is 1. The highest BCUT2D eigenvalue weighted by Gasteiger charge is 2.49. The van der Waals surface area contributed by atoms with E-state index in [-0.39, 0.29) is 40.9 Å². The maximum absolute atomic E-state index is 13.6. The first-order valence-electron chi connectivity index (χ1n) is 19.5. The van der Waals surface area contributed by atoms with Gasteiger partial charge in [-0.05, 0) is 105 Å². The third kappa shape index (κ3) is 8.51. The zero-order chi connectivity index (χ0) is 38.3. The second-order valence-corrected chi connectivity index (χ2v) is 20.9. The molecule has 5 aliphatic rings. The van der Waals surface area contributed by atoms with Crippen molar-refractivity contribution in [2.24, 2.45) is 17.8 Å². The van der Waals surface area contributed by atoms with Crippen LogP contribution in [0.15, 0.2) is 48.6 Å². The number of fused-ring (bicyclic) bond motifs is 4. The molecule has 14 heteroatoms. The number of nitrogens with zero attached hydrogens (tertiary/aromatic N) is 3. The summed E-state index contributed by atoms with van der Waals surface area (Å²) in [6.07, 6.45) is 9.41. The van der Waals surface area contributed by atoms with Gasteiger partial charge >= 0.3 is 0 Å². The molecule has 0 radical (unpaired) electrons. The smallest absolute Gasteiger partial charge is 0.264 e. The Morgan fingerprint density at radius 2 is 1.81 bits per heavy atom. The van der Waals surface area contributed by atoms with Crippen LogP contribution in [0.1, 0.15) is 67.4 Å². The summed E-state index contributed by atoms with van der Waals surface area (Å²) in [7, 11) is -5.30. The molecule has 1 N–H and O–H groups in total. The van der Waals surface area contributed by atoms with Crippen LogP contribution in [0.5, 0.6) is 5.75 Å². The fraction of sp³-hybridized carbons (Fsp3) is 0.625. The molecule has 2 aromatic rings. The number of anilines is 1. The van der Waals surface area contributed by atoms with Crippen molar-refractivity contribution in [1.29, 1.82) is 0 Å². The molecule has 4 aliphatic heterocycles. The number of allylic oxidation sites excluding steroid dienone is 1. The number of piperazine rings is 1. The number of ether oxygens (including phenoxy) is 2. The van der Waals surface area contributed by atoms with Crippen LogP contribution in [0.4, 0.5) is 5.69 Å². The lowest BCUT2D eigenvalue weighted by atomic mass is 9.63. The van der Waals surface area contributed by atoms with Gasteiger partial charge in [0.1, 0.15) is 18.0 Å². The first-order valence-corrected chi connectivity index (χ1v) is 23.2. The highest BCUT2D eigenvalue weighted by molar-refractivity contribution is 7.91. The molecule has 4 heterocycles. The average molecular weight is 803 g/mol. The Bertz CT molecular complexity index is 1960. The number of hydrogen-bond donors (Lipinski definition) is 1. The van der Waals surface area contributed by atoms with Crippen molar-refractivity contribution < 1.29 is 31.1 Å². The molecule has 0 spiro atoms. The van der Waals surface area contributed by atoms with Gasteiger partial charge in [0.05, 0.1) is 22.4 Å². The second-order valence-electron chi connectivity index (χ2n) is 16.2. The number of benzene rings is 2. The van der Waals surface area contributed by atoms with Crippen LogP contribution in [0.2, 0.25) is 5.02 Å². The van der Waals surface area contributed by atoms with E-state index >= 15 is 0 Å². The molecule has 1 saturated carbocycles. The van der Waals surface area contributed by atoms with Gasteiger partial charge in [0.2, 0.25) is 10.0 Å². The Morgan fingerprint density at radius 1 is 0.981 bits per heavy atom. The maximum atomic E-state index is 13.6. The number of sulfonamides is 1. The van der Waals surface area contributed by atoms with Gasteiger partial charge in [0.25, 0.3) is 5.91 Å². The molecule has 2 aromatic carbocycles. The van der Waals surface area contributed by atoms with E-state index in [4.69, 9.17) is 21.1 Å². The number of aryl methyl sites for hydroxylation is 1. The predicted octanol–water partition coefficient (Wildman–Crippen LogP) is 4.93. The Hall–Kier alpha value is -2.68. The van der Waals surface area contributed by atoms with E-state index in [1.807, 2.05) is 25.1 Å². The lowest BCUT2D eigenvalue weighted by Crippen LogP contribution is -2.63. The van der Waals surface area contributed by atoms with Crippen LogP contribution >= 0.6 is 11.6 Å². The minimum absolute atomic E-state index is 0.0361. The van der Waals surface area contributed by atoms with Gasteiger partial charge in [0.15, 0.2) is 9.84 Å². The van der Waals surface area contributed by atoms with Gasteiger partial charge in [-0.25, -0.2) is 21.6 Å². The van der Waals surface area contributed by atoms with Crippen LogP contribution in [0.25, 0.3) is 0 Å². The summed E-state index contributed by atoms with van der Waals surface area (Å²) >= 11 is 6.40. The summed E-state index contributed by atoms with van der Waals surface area (Å²) < 4.78 is 68.0. The van der Waals surface area contributed by atoms with Crippen LogP contribution in [0.3, 0.4) is 0 Å². The van der Waals surface area contributed by atoms with E-state index in [0.717, 1.165) is 68.6 Å². The first kappa shape index (κ1) is 39.6. The predicted molar refractivity (Wildman–Crippen MR) is 213 cm³/mol. The van der Waals surface area contributed by atoms with E-state index < -0.39 is 36.6 Å². The summed E-state index contributed by atoms with van der Waals surface area (Å²) in [6, 6.07) is 11.1. The molecule has 3 fully saturated rings. The topological polar surface area (TPSA) is 126 Å². The number of nitrogens with one attached hydrogen (secondary N) is 1. The van der Waals surface area contributed by atoms with E-state index in [2.05, 4.69) is 31.6 Å². The number of hydrogen-bond acceptors (Lipinski definition) is 10. The number of sulfone groups is 1. The lowest BCUT2D eigenvalue weighted by Gasteiger charge is -2.53. The van der Waals surface area contributed by atoms with Crippen molar-refractivity contribution in [1.82, 2.24) is 14.5 Å². The van der Waals surface area contributed by atoms with Crippen LogP contribution in [0, 0.1) is 17.8 Å².